The maximum absolute atomic E-state index is 11.9. The summed E-state index contributed by atoms with van der Waals surface area (Å²) in [6.45, 7) is 3.57. The molecule has 2 aromatic rings. The van der Waals surface area contributed by atoms with Crippen molar-refractivity contribution < 1.29 is 4.57 Å². The predicted molar refractivity (Wildman–Crippen MR) is 76.2 cm³/mol. The lowest BCUT2D eigenvalue weighted by Crippen LogP contribution is -2.01. The predicted octanol–water partition coefficient (Wildman–Crippen LogP) is 3.00. The van der Waals surface area contributed by atoms with Crippen LogP contribution in [-0.4, -0.2) is 21.3 Å². The standard InChI is InChI=1S/C11H12IN2OP/c1-16(2,15)11-5-3-9(4-6-11)10-7-13-14(12)8-10/h3-8H,1-2H3. The zero-order valence-electron chi connectivity index (χ0n) is 9.09. The second-order valence-electron chi connectivity index (χ2n) is 4.02. The third kappa shape index (κ3) is 2.55. The first kappa shape index (κ1) is 11.9. The molecular weight excluding hydrogens is 334 g/mol. The highest BCUT2D eigenvalue weighted by molar-refractivity contribution is 14.1. The number of nitrogens with zero attached hydrogens (tertiary/aromatic N) is 2. The monoisotopic (exact) mass is 346 g/mol. The lowest BCUT2D eigenvalue weighted by atomic mass is 10.1. The van der Waals surface area contributed by atoms with Crippen LogP contribution in [-0.2, 0) is 4.57 Å². The number of aromatic nitrogens is 2. The highest BCUT2D eigenvalue weighted by Crippen LogP contribution is 2.34. The quantitative estimate of drug-likeness (QED) is 0.619. The lowest BCUT2D eigenvalue weighted by Gasteiger charge is -2.07. The van der Waals surface area contributed by atoms with Gasteiger partial charge in [-0.3, -0.25) is 0 Å². The van der Waals surface area contributed by atoms with Crippen LogP contribution in [0, 0.1) is 0 Å². The van der Waals surface area contributed by atoms with Crippen LogP contribution in [0.2, 0.25) is 0 Å². The minimum Gasteiger partial charge on any atom is -0.319 e. The molecule has 0 saturated heterocycles. The van der Waals surface area contributed by atoms with Gasteiger partial charge in [0.25, 0.3) is 0 Å². The van der Waals surface area contributed by atoms with E-state index in [1.165, 1.54) is 0 Å². The minimum atomic E-state index is -2.15. The van der Waals surface area contributed by atoms with Crippen molar-refractivity contribution in [3.05, 3.63) is 36.7 Å². The van der Waals surface area contributed by atoms with Crippen LogP contribution in [0.3, 0.4) is 0 Å². The van der Waals surface area contributed by atoms with Crippen LogP contribution >= 0.6 is 30.0 Å². The largest absolute Gasteiger partial charge is 0.319 e. The Morgan fingerprint density at radius 3 is 2.25 bits per heavy atom. The van der Waals surface area contributed by atoms with Gasteiger partial charge in [0.2, 0.25) is 0 Å². The first-order valence-electron chi connectivity index (χ1n) is 4.83. The van der Waals surface area contributed by atoms with Crippen molar-refractivity contribution in [2.75, 3.05) is 13.3 Å². The average molecular weight is 346 g/mol. The normalized spacial score (nSPS) is 11.7. The molecule has 0 saturated carbocycles. The van der Waals surface area contributed by atoms with Gasteiger partial charge in [0.05, 0.1) is 29.1 Å². The van der Waals surface area contributed by atoms with E-state index < -0.39 is 7.14 Å². The van der Waals surface area contributed by atoms with Crippen molar-refractivity contribution in [3.8, 4) is 11.1 Å². The third-order valence-corrected chi connectivity index (χ3v) is 4.44. The fraction of sp³-hybridized carbons (Fsp3) is 0.182. The van der Waals surface area contributed by atoms with E-state index >= 15 is 0 Å². The van der Waals surface area contributed by atoms with Crippen molar-refractivity contribution in [2.24, 2.45) is 0 Å². The molecule has 1 heterocycles. The molecule has 1 aromatic heterocycles. The van der Waals surface area contributed by atoms with E-state index in [0.29, 0.717) is 0 Å². The molecule has 0 aliphatic carbocycles. The van der Waals surface area contributed by atoms with Crippen LogP contribution in [0.1, 0.15) is 0 Å². The van der Waals surface area contributed by atoms with Crippen LogP contribution in [0.4, 0.5) is 0 Å². The summed E-state index contributed by atoms with van der Waals surface area (Å²) in [4.78, 5) is 0. The first-order chi connectivity index (χ1) is 7.47. The molecule has 0 unspecified atom stereocenters. The second kappa shape index (κ2) is 4.34. The molecule has 0 N–H and O–H groups in total. The molecule has 2 rings (SSSR count). The summed E-state index contributed by atoms with van der Waals surface area (Å²) in [5, 5.41) is 5.03. The van der Waals surface area contributed by atoms with Gasteiger partial charge in [0, 0.05) is 17.1 Å². The highest BCUT2D eigenvalue weighted by atomic mass is 127. The van der Waals surface area contributed by atoms with E-state index in [1.807, 2.05) is 36.7 Å². The van der Waals surface area contributed by atoms with E-state index in [4.69, 9.17) is 0 Å². The molecule has 3 nitrogen and oxygen atoms in total. The number of hydrogen-bond acceptors (Lipinski definition) is 2. The van der Waals surface area contributed by atoms with Crippen molar-refractivity contribution in [2.45, 2.75) is 0 Å². The zero-order chi connectivity index (χ0) is 11.8. The van der Waals surface area contributed by atoms with Crippen molar-refractivity contribution in [1.29, 1.82) is 0 Å². The Morgan fingerprint density at radius 2 is 1.81 bits per heavy atom. The molecule has 0 spiro atoms. The van der Waals surface area contributed by atoms with Gasteiger partial charge >= 0.3 is 0 Å². The molecule has 0 aliphatic rings. The maximum Gasteiger partial charge on any atom is 0.109 e. The van der Waals surface area contributed by atoms with E-state index in [1.54, 1.807) is 16.2 Å². The Balaban J connectivity index is 2.37. The Bertz CT molecular complexity index is 541. The Labute approximate surface area is 109 Å². The third-order valence-electron chi connectivity index (χ3n) is 2.38. The van der Waals surface area contributed by atoms with Crippen molar-refractivity contribution >= 4 is 35.3 Å². The summed E-state index contributed by atoms with van der Waals surface area (Å²) in [6, 6.07) is 7.84. The van der Waals surface area contributed by atoms with Gasteiger partial charge in [0.15, 0.2) is 0 Å². The summed E-state index contributed by atoms with van der Waals surface area (Å²) in [7, 11) is -2.15. The summed E-state index contributed by atoms with van der Waals surface area (Å²) < 4.78 is 13.6. The van der Waals surface area contributed by atoms with Gasteiger partial charge in [0.1, 0.15) is 7.14 Å². The average Bonchev–Trinajstić information content (AvgIpc) is 2.64. The summed E-state index contributed by atoms with van der Waals surface area (Å²) in [5.74, 6) is 0. The molecule has 0 amide bonds. The van der Waals surface area contributed by atoms with Crippen LogP contribution in [0.15, 0.2) is 36.7 Å². The molecule has 5 heteroatoms. The van der Waals surface area contributed by atoms with Crippen molar-refractivity contribution in [3.63, 3.8) is 0 Å². The van der Waals surface area contributed by atoms with Crippen LogP contribution < -0.4 is 5.30 Å². The van der Waals surface area contributed by atoms with E-state index in [0.717, 1.165) is 16.4 Å². The summed E-state index contributed by atoms with van der Waals surface area (Å²) in [6.07, 6.45) is 3.77. The second-order valence-corrected chi connectivity index (χ2v) is 8.22. The molecule has 16 heavy (non-hydrogen) atoms. The molecule has 0 aliphatic heterocycles. The van der Waals surface area contributed by atoms with Gasteiger partial charge in [-0.1, -0.05) is 24.3 Å². The van der Waals surface area contributed by atoms with E-state index in [2.05, 4.69) is 28.0 Å². The van der Waals surface area contributed by atoms with Gasteiger partial charge in [-0.25, -0.2) is 2.90 Å². The van der Waals surface area contributed by atoms with Gasteiger partial charge in [-0.2, -0.15) is 5.10 Å². The number of halogens is 1. The van der Waals surface area contributed by atoms with Crippen LogP contribution in [0.5, 0.6) is 0 Å². The van der Waals surface area contributed by atoms with E-state index in [-0.39, 0.29) is 0 Å². The topological polar surface area (TPSA) is 34.9 Å². The van der Waals surface area contributed by atoms with E-state index in [9.17, 15) is 4.57 Å². The SMILES string of the molecule is CP(C)(=O)c1ccc(-c2cnn(I)c2)cc1. The van der Waals surface area contributed by atoms with Gasteiger partial charge in [-0.15, -0.1) is 0 Å². The molecular formula is C11H12IN2OP. The number of hydrogen-bond donors (Lipinski definition) is 0. The Morgan fingerprint density at radius 1 is 1.19 bits per heavy atom. The summed E-state index contributed by atoms with van der Waals surface area (Å²) in [5.41, 5.74) is 2.17. The minimum absolute atomic E-state index is 0.915. The lowest BCUT2D eigenvalue weighted by molar-refractivity contribution is 0.588. The fourth-order valence-electron chi connectivity index (χ4n) is 1.46. The molecule has 0 fully saturated rings. The molecule has 0 bridgehead atoms. The highest BCUT2D eigenvalue weighted by Gasteiger charge is 2.10. The zero-order valence-corrected chi connectivity index (χ0v) is 12.1. The smallest absolute Gasteiger partial charge is 0.109 e. The Kier molecular flexibility index (Phi) is 3.22. The number of benzene rings is 1. The molecule has 0 atom stereocenters. The van der Waals surface area contributed by atoms with Crippen molar-refractivity contribution in [1.82, 2.24) is 7.99 Å². The molecule has 1 aromatic carbocycles. The number of rotatable bonds is 2. The first-order valence-corrected chi connectivity index (χ1v) is 8.40. The molecule has 84 valence electrons. The van der Waals surface area contributed by atoms with Crippen LogP contribution in [0.25, 0.3) is 11.1 Å². The van der Waals surface area contributed by atoms with Gasteiger partial charge < -0.3 is 4.57 Å². The molecule has 0 radical (unpaired) electrons. The Hall–Kier alpha value is -0.610. The maximum atomic E-state index is 11.9. The fourth-order valence-corrected chi connectivity index (χ4v) is 2.75. The van der Waals surface area contributed by atoms with Gasteiger partial charge in [-0.05, 0) is 18.9 Å². The summed E-state index contributed by atoms with van der Waals surface area (Å²) >= 11 is 2.11.